The number of phenolic OH excluding ortho intramolecular Hbond substituents is 1. The number of para-hydroxylation sites is 1. The molecule has 0 saturated carbocycles. The van der Waals surface area contributed by atoms with Gasteiger partial charge in [0.1, 0.15) is 5.75 Å². The van der Waals surface area contributed by atoms with Gasteiger partial charge in [0.05, 0.1) is 6.61 Å². The summed E-state index contributed by atoms with van der Waals surface area (Å²) >= 11 is 0. The Morgan fingerprint density at radius 3 is 2.73 bits per heavy atom. The molecule has 7 heteroatoms. The minimum absolute atomic E-state index is 0.189. The molecular formula is C19H18N4O3. The summed E-state index contributed by atoms with van der Waals surface area (Å²) in [7, 11) is 0. The van der Waals surface area contributed by atoms with Crippen molar-refractivity contribution in [2.45, 2.75) is 19.6 Å². The second kappa shape index (κ2) is 6.87. The molecule has 0 aliphatic carbocycles. The number of aromatic hydroxyl groups is 1. The normalized spacial score (nSPS) is 15.0. The molecule has 3 aromatic rings. The molecule has 2 aromatic carbocycles. The first-order valence-electron chi connectivity index (χ1n) is 8.43. The maximum atomic E-state index is 9.54. The Balaban J connectivity index is 1.78. The lowest BCUT2D eigenvalue weighted by Gasteiger charge is -2.19. The van der Waals surface area contributed by atoms with Gasteiger partial charge in [-0.25, -0.2) is 0 Å². The minimum atomic E-state index is -0.492. The highest BCUT2D eigenvalue weighted by Crippen LogP contribution is 2.39. The molecule has 1 aliphatic rings. The molecule has 4 rings (SSSR count). The van der Waals surface area contributed by atoms with Gasteiger partial charge in [0.25, 0.3) is 0 Å². The molecule has 2 heterocycles. The topological polar surface area (TPSA) is 89.4 Å². The minimum Gasteiger partial charge on any atom is -0.508 e. The van der Waals surface area contributed by atoms with Crippen molar-refractivity contribution in [3.8, 4) is 28.9 Å². The summed E-state index contributed by atoms with van der Waals surface area (Å²) in [6.45, 7) is 2.52. The van der Waals surface area contributed by atoms with E-state index in [9.17, 15) is 5.11 Å². The highest BCUT2D eigenvalue weighted by molar-refractivity contribution is 5.79. The Morgan fingerprint density at radius 2 is 1.92 bits per heavy atom. The second-order valence-corrected chi connectivity index (χ2v) is 5.88. The number of aromatic nitrogens is 3. The number of hydrogen-bond donors (Lipinski definition) is 2. The molecule has 0 bridgehead atoms. The monoisotopic (exact) mass is 350 g/mol. The molecule has 0 saturated heterocycles. The van der Waals surface area contributed by atoms with Crippen molar-refractivity contribution in [1.29, 1.82) is 0 Å². The maximum absolute atomic E-state index is 9.54. The molecule has 0 amide bonds. The van der Waals surface area contributed by atoms with Gasteiger partial charge in [-0.15, -0.1) is 5.10 Å². The fourth-order valence-corrected chi connectivity index (χ4v) is 2.70. The van der Waals surface area contributed by atoms with Crippen LogP contribution in [0.1, 0.15) is 25.1 Å². The van der Waals surface area contributed by atoms with Crippen LogP contribution in [-0.4, -0.2) is 26.9 Å². The first-order chi connectivity index (χ1) is 12.7. The van der Waals surface area contributed by atoms with Gasteiger partial charge in [0, 0.05) is 16.8 Å². The zero-order chi connectivity index (χ0) is 17.9. The zero-order valence-electron chi connectivity index (χ0n) is 14.2. The molecule has 2 N–H and O–H groups in total. The van der Waals surface area contributed by atoms with Crippen LogP contribution < -0.4 is 14.8 Å². The van der Waals surface area contributed by atoms with Crippen molar-refractivity contribution in [1.82, 2.24) is 15.2 Å². The van der Waals surface area contributed by atoms with Crippen LogP contribution in [0.4, 0.5) is 5.69 Å². The summed E-state index contributed by atoms with van der Waals surface area (Å²) in [4.78, 5) is 4.40. The van der Waals surface area contributed by atoms with E-state index in [-0.39, 0.29) is 11.8 Å². The third kappa shape index (κ3) is 3.11. The van der Waals surface area contributed by atoms with E-state index >= 15 is 0 Å². The summed E-state index contributed by atoms with van der Waals surface area (Å²) in [6, 6.07) is 14.8. The van der Waals surface area contributed by atoms with Crippen LogP contribution in [0.25, 0.3) is 11.3 Å². The van der Waals surface area contributed by atoms with Crippen LogP contribution in [0.3, 0.4) is 0 Å². The van der Waals surface area contributed by atoms with Gasteiger partial charge in [-0.3, -0.25) is 0 Å². The van der Waals surface area contributed by atoms with Crippen molar-refractivity contribution >= 4 is 5.69 Å². The highest BCUT2D eigenvalue weighted by atomic mass is 16.5. The van der Waals surface area contributed by atoms with Crippen molar-refractivity contribution in [2.75, 3.05) is 11.9 Å². The molecule has 1 aliphatic heterocycles. The van der Waals surface area contributed by atoms with Crippen molar-refractivity contribution < 1.29 is 14.6 Å². The summed E-state index contributed by atoms with van der Waals surface area (Å²) in [5, 5.41) is 21.2. The number of anilines is 1. The summed E-state index contributed by atoms with van der Waals surface area (Å²) in [6.07, 6.45) is 0.357. The standard InChI is InChI=1S/C19H18N4O3/c1-2-11-25-19-21-18-16(22-23-19)14-5-3-4-6-15(14)20-17(26-18)12-7-9-13(24)10-8-12/h3-10,17,20,24H,2,11H2,1H3. The van der Waals surface area contributed by atoms with Crippen molar-refractivity contribution in [3.05, 3.63) is 54.1 Å². The third-order valence-electron chi connectivity index (χ3n) is 3.96. The average Bonchev–Trinajstić information content (AvgIpc) is 2.83. The van der Waals surface area contributed by atoms with Crippen LogP contribution in [0.5, 0.6) is 17.6 Å². The van der Waals surface area contributed by atoms with Crippen LogP contribution >= 0.6 is 0 Å². The number of benzene rings is 2. The Morgan fingerprint density at radius 1 is 1.12 bits per heavy atom. The van der Waals surface area contributed by atoms with Crippen molar-refractivity contribution in [2.24, 2.45) is 0 Å². The maximum Gasteiger partial charge on any atom is 0.339 e. The predicted octanol–water partition coefficient (Wildman–Crippen LogP) is 3.54. The average molecular weight is 350 g/mol. The van der Waals surface area contributed by atoms with Gasteiger partial charge in [0.15, 0.2) is 11.9 Å². The van der Waals surface area contributed by atoms with Crippen LogP contribution in [0.15, 0.2) is 48.5 Å². The molecule has 1 unspecified atom stereocenters. The van der Waals surface area contributed by atoms with E-state index in [4.69, 9.17) is 9.47 Å². The molecule has 7 nitrogen and oxygen atoms in total. The van der Waals surface area contributed by atoms with E-state index in [1.54, 1.807) is 24.3 Å². The van der Waals surface area contributed by atoms with Gasteiger partial charge < -0.3 is 19.9 Å². The summed E-state index contributed by atoms with van der Waals surface area (Å²) < 4.78 is 11.6. The lowest BCUT2D eigenvalue weighted by molar-refractivity contribution is 0.218. The Labute approximate surface area is 150 Å². The fourth-order valence-electron chi connectivity index (χ4n) is 2.70. The lowest BCUT2D eigenvalue weighted by Crippen LogP contribution is -2.17. The third-order valence-corrected chi connectivity index (χ3v) is 3.96. The SMILES string of the molecule is CCCOc1nnc2c(n1)OC(c1ccc(O)cc1)Nc1ccccc1-2. The highest BCUT2D eigenvalue weighted by Gasteiger charge is 2.26. The lowest BCUT2D eigenvalue weighted by atomic mass is 10.1. The molecule has 1 atom stereocenters. The number of nitrogens with zero attached hydrogens (tertiary/aromatic N) is 3. The molecule has 0 fully saturated rings. The Kier molecular flexibility index (Phi) is 4.27. The van der Waals surface area contributed by atoms with E-state index in [2.05, 4.69) is 20.5 Å². The molecule has 0 spiro atoms. The summed E-state index contributed by atoms with van der Waals surface area (Å²) in [5.41, 5.74) is 3.12. The number of phenols is 1. The number of rotatable bonds is 4. The smallest absolute Gasteiger partial charge is 0.339 e. The second-order valence-electron chi connectivity index (χ2n) is 5.88. The van der Waals surface area contributed by atoms with Crippen LogP contribution in [0, 0.1) is 0 Å². The molecule has 0 radical (unpaired) electrons. The van der Waals surface area contributed by atoms with Gasteiger partial charge in [-0.2, -0.15) is 4.98 Å². The number of ether oxygens (including phenoxy) is 2. The van der Waals surface area contributed by atoms with Crippen molar-refractivity contribution in [3.63, 3.8) is 0 Å². The largest absolute Gasteiger partial charge is 0.508 e. The van der Waals surface area contributed by atoms with E-state index in [1.165, 1.54) is 0 Å². The van der Waals surface area contributed by atoms with Gasteiger partial charge in [0.2, 0.25) is 5.88 Å². The van der Waals surface area contributed by atoms with E-state index in [0.29, 0.717) is 18.2 Å². The fraction of sp³-hybridized carbons (Fsp3) is 0.211. The first kappa shape index (κ1) is 16.1. The van der Waals surface area contributed by atoms with Crippen LogP contribution in [-0.2, 0) is 0 Å². The van der Waals surface area contributed by atoms with E-state index in [0.717, 1.165) is 23.2 Å². The Hall–Kier alpha value is -3.35. The van der Waals surface area contributed by atoms with E-state index < -0.39 is 6.23 Å². The zero-order valence-corrected chi connectivity index (χ0v) is 14.2. The predicted molar refractivity (Wildman–Crippen MR) is 96.1 cm³/mol. The molecule has 132 valence electrons. The van der Waals surface area contributed by atoms with Crippen LogP contribution in [0.2, 0.25) is 0 Å². The van der Waals surface area contributed by atoms with E-state index in [1.807, 2.05) is 31.2 Å². The molecular weight excluding hydrogens is 332 g/mol. The molecule has 26 heavy (non-hydrogen) atoms. The van der Waals surface area contributed by atoms with Gasteiger partial charge in [-0.1, -0.05) is 30.2 Å². The Bertz CT molecular complexity index is 915. The summed E-state index contributed by atoms with van der Waals surface area (Å²) in [5.74, 6) is 0.545. The number of fused-ring (bicyclic) bond motifs is 3. The number of hydrogen-bond acceptors (Lipinski definition) is 7. The number of nitrogens with one attached hydrogen (secondary N) is 1. The quantitative estimate of drug-likeness (QED) is 0.744. The van der Waals surface area contributed by atoms with Gasteiger partial charge >= 0.3 is 6.01 Å². The van der Waals surface area contributed by atoms with Gasteiger partial charge in [-0.05, 0) is 36.8 Å². The first-order valence-corrected chi connectivity index (χ1v) is 8.43. The molecule has 1 aromatic heterocycles.